The predicted octanol–water partition coefficient (Wildman–Crippen LogP) is 1.30. The molecule has 0 radical (unpaired) electrons. The number of aryl methyl sites for hydroxylation is 1. The first-order valence-electron chi connectivity index (χ1n) is 6.97. The van der Waals surface area contributed by atoms with Crippen LogP contribution >= 0.6 is 0 Å². The number of amides is 1. The van der Waals surface area contributed by atoms with Gasteiger partial charge in [-0.2, -0.15) is 0 Å². The maximum Gasteiger partial charge on any atom is 0.239 e. The molecule has 2 rings (SSSR count). The highest BCUT2D eigenvalue weighted by Gasteiger charge is 2.07. The van der Waals surface area contributed by atoms with Gasteiger partial charge in [0.25, 0.3) is 0 Å². The summed E-state index contributed by atoms with van der Waals surface area (Å²) in [6, 6.07) is 6.00. The highest BCUT2D eigenvalue weighted by Crippen LogP contribution is 2.17. The molecule has 2 N–H and O–H groups in total. The van der Waals surface area contributed by atoms with Gasteiger partial charge in [-0.3, -0.25) is 4.79 Å². The molecule has 0 aliphatic heterocycles. The van der Waals surface area contributed by atoms with E-state index >= 15 is 0 Å². The van der Waals surface area contributed by atoms with Crippen molar-refractivity contribution in [2.24, 2.45) is 0 Å². The first-order valence-corrected chi connectivity index (χ1v) is 6.97. The van der Waals surface area contributed by atoms with Crippen molar-refractivity contribution in [1.29, 1.82) is 0 Å². The number of carbonyl (C=O) groups is 1. The molecular formula is C14H20N6O. The van der Waals surface area contributed by atoms with E-state index in [2.05, 4.69) is 26.2 Å². The predicted molar refractivity (Wildman–Crippen MR) is 80.3 cm³/mol. The Morgan fingerprint density at radius 1 is 1.43 bits per heavy atom. The van der Waals surface area contributed by atoms with Gasteiger partial charge < -0.3 is 10.6 Å². The minimum absolute atomic E-state index is 0.0195. The smallest absolute Gasteiger partial charge is 0.239 e. The van der Waals surface area contributed by atoms with Crippen molar-refractivity contribution >= 4 is 11.6 Å². The molecule has 7 nitrogen and oxygen atoms in total. The van der Waals surface area contributed by atoms with Crippen LogP contribution in [0.4, 0.5) is 5.69 Å². The summed E-state index contributed by atoms with van der Waals surface area (Å²) in [4.78, 5) is 11.8. The molecule has 1 amide bonds. The number of rotatable bonds is 6. The molecule has 112 valence electrons. The van der Waals surface area contributed by atoms with E-state index in [4.69, 9.17) is 0 Å². The van der Waals surface area contributed by atoms with Crippen molar-refractivity contribution in [3.63, 3.8) is 0 Å². The second-order valence-electron chi connectivity index (χ2n) is 4.99. The first-order chi connectivity index (χ1) is 10.1. The standard InChI is InChI=1S/C14H20N6O/c1-4-11(3)17-14(21)8-15-12-6-5-10(2)13(7-12)20-9-16-18-19-20/h5-7,9,11,15H,4,8H2,1-3H3,(H,17,21)/t11-/m0/s1. The van der Waals surface area contributed by atoms with Gasteiger partial charge in [-0.05, 0) is 48.4 Å². The zero-order valence-electron chi connectivity index (χ0n) is 12.5. The summed E-state index contributed by atoms with van der Waals surface area (Å²) in [6.45, 7) is 6.25. The molecule has 1 aromatic heterocycles. The summed E-state index contributed by atoms with van der Waals surface area (Å²) in [7, 11) is 0. The Morgan fingerprint density at radius 3 is 2.90 bits per heavy atom. The van der Waals surface area contributed by atoms with Crippen LogP contribution in [0.5, 0.6) is 0 Å². The minimum Gasteiger partial charge on any atom is -0.376 e. The molecular weight excluding hydrogens is 268 g/mol. The van der Waals surface area contributed by atoms with Crippen LogP contribution in [-0.2, 0) is 4.79 Å². The Labute approximate surface area is 123 Å². The normalized spacial score (nSPS) is 12.0. The third-order valence-electron chi connectivity index (χ3n) is 3.28. The molecule has 0 saturated carbocycles. The molecule has 21 heavy (non-hydrogen) atoms. The molecule has 1 atom stereocenters. The number of benzene rings is 1. The number of nitrogens with one attached hydrogen (secondary N) is 2. The molecule has 1 heterocycles. The van der Waals surface area contributed by atoms with Crippen molar-refractivity contribution in [2.75, 3.05) is 11.9 Å². The Balaban J connectivity index is 2.02. The van der Waals surface area contributed by atoms with Gasteiger partial charge in [0.1, 0.15) is 6.33 Å². The monoisotopic (exact) mass is 288 g/mol. The van der Waals surface area contributed by atoms with E-state index < -0.39 is 0 Å². The van der Waals surface area contributed by atoms with Gasteiger partial charge in [0.15, 0.2) is 0 Å². The Bertz CT molecular complexity index is 596. The van der Waals surface area contributed by atoms with Crippen LogP contribution < -0.4 is 10.6 Å². The van der Waals surface area contributed by atoms with Crippen LogP contribution in [0.3, 0.4) is 0 Å². The fraction of sp³-hybridized carbons (Fsp3) is 0.429. The molecule has 0 spiro atoms. The molecule has 0 aliphatic carbocycles. The van der Waals surface area contributed by atoms with E-state index in [1.807, 2.05) is 39.0 Å². The lowest BCUT2D eigenvalue weighted by atomic mass is 10.2. The number of hydrogen-bond acceptors (Lipinski definition) is 5. The molecule has 0 saturated heterocycles. The average molecular weight is 288 g/mol. The molecule has 0 unspecified atom stereocenters. The molecule has 0 aliphatic rings. The molecule has 0 fully saturated rings. The largest absolute Gasteiger partial charge is 0.376 e. The third-order valence-corrected chi connectivity index (χ3v) is 3.28. The summed E-state index contributed by atoms with van der Waals surface area (Å²) >= 11 is 0. The number of nitrogens with zero attached hydrogens (tertiary/aromatic N) is 4. The van der Waals surface area contributed by atoms with Crippen LogP contribution in [0, 0.1) is 6.92 Å². The van der Waals surface area contributed by atoms with E-state index in [9.17, 15) is 4.79 Å². The maximum absolute atomic E-state index is 11.8. The maximum atomic E-state index is 11.8. The SMILES string of the molecule is CC[C@H](C)NC(=O)CNc1ccc(C)c(-n2cnnn2)c1. The Kier molecular flexibility index (Phi) is 4.86. The zero-order chi connectivity index (χ0) is 15.2. The van der Waals surface area contributed by atoms with Gasteiger partial charge in [0.2, 0.25) is 5.91 Å². The van der Waals surface area contributed by atoms with Gasteiger partial charge in [-0.1, -0.05) is 13.0 Å². The van der Waals surface area contributed by atoms with E-state index in [-0.39, 0.29) is 18.5 Å². The summed E-state index contributed by atoms with van der Waals surface area (Å²) in [5.74, 6) is -0.0195. The number of carbonyl (C=O) groups excluding carboxylic acids is 1. The summed E-state index contributed by atoms with van der Waals surface area (Å²) in [6.07, 6.45) is 2.46. The second-order valence-corrected chi connectivity index (χ2v) is 4.99. The lowest BCUT2D eigenvalue weighted by Gasteiger charge is -2.13. The van der Waals surface area contributed by atoms with E-state index in [1.165, 1.54) is 0 Å². The molecule has 0 bridgehead atoms. The topological polar surface area (TPSA) is 84.7 Å². The van der Waals surface area contributed by atoms with Crippen LogP contribution in [0.2, 0.25) is 0 Å². The van der Waals surface area contributed by atoms with E-state index in [0.29, 0.717) is 0 Å². The number of aromatic nitrogens is 4. The van der Waals surface area contributed by atoms with Gasteiger partial charge in [-0.25, -0.2) is 4.68 Å². The van der Waals surface area contributed by atoms with Crippen LogP contribution in [0.1, 0.15) is 25.8 Å². The lowest BCUT2D eigenvalue weighted by molar-refractivity contribution is -0.120. The fourth-order valence-electron chi connectivity index (χ4n) is 1.85. The van der Waals surface area contributed by atoms with Gasteiger partial charge in [-0.15, -0.1) is 5.10 Å². The summed E-state index contributed by atoms with van der Waals surface area (Å²) < 4.78 is 1.60. The van der Waals surface area contributed by atoms with Crippen LogP contribution in [0.25, 0.3) is 5.69 Å². The first kappa shape index (κ1) is 15.0. The molecule has 2 aromatic rings. The highest BCUT2D eigenvalue weighted by molar-refractivity contribution is 5.81. The molecule has 7 heteroatoms. The fourth-order valence-corrected chi connectivity index (χ4v) is 1.85. The van der Waals surface area contributed by atoms with Crippen LogP contribution in [-0.4, -0.2) is 38.7 Å². The quantitative estimate of drug-likeness (QED) is 0.837. The third kappa shape index (κ3) is 4.01. The lowest BCUT2D eigenvalue weighted by Crippen LogP contribution is -2.36. The van der Waals surface area contributed by atoms with Crippen molar-refractivity contribution in [2.45, 2.75) is 33.2 Å². The average Bonchev–Trinajstić information content (AvgIpc) is 3.00. The summed E-state index contributed by atoms with van der Waals surface area (Å²) in [5, 5.41) is 17.2. The summed E-state index contributed by atoms with van der Waals surface area (Å²) in [5.41, 5.74) is 2.79. The second kappa shape index (κ2) is 6.83. The van der Waals surface area contributed by atoms with E-state index in [0.717, 1.165) is 23.4 Å². The van der Waals surface area contributed by atoms with E-state index in [1.54, 1.807) is 11.0 Å². The van der Waals surface area contributed by atoms with Crippen molar-refractivity contribution in [3.05, 3.63) is 30.1 Å². The zero-order valence-corrected chi connectivity index (χ0v) is 12.5. The van der Waals surface area contributed by atoms with Gasteiger partial charge >= 0.3 is 0 Å². The molecule has 1 aromatic carbocycles. The van der Waals surface area contributed by atoms with Crippen LogP contribution in [0.15, 0.2) is 24.5 Å². The van der Waals surface area contributed by atoms with Gasteiger partial charge in [0, 0.05) is 11.7 Å². The number of anilines is 1. The minimum atomic E-state index is -0.0195. The number of hydrogen-bond donors (Lipinski definition) is 2. The Morgan fingerprint density at radius 2 is 2.24 bits per heavy atom. The van der Waals surface area contributed by atoms with Crippen molar-refractivity contribution < 1.29 is 4.79 Å². The van der Waals surface area contributed by atoms with Gasteiger partial charge in [0.05, 0.1) is 12.2 Å². The number of tetrazole rings is 1. The van der Waals surface area contributed by atoms with Crippen molar-refractivity contribution in [3.8, 4) is 5.69 Å². The highest BCUT2D eigenvalue weighted by atomic mass is 16.1. The van der Waals surface area contributed by atoms with Crippen molar-refractivity contribution in [1.82, 2.24) is 25.5 Å². The Hall–Kier alpha value is -2.44.